The van der Waals surface area contributed by atoms with Crippen molar-refractivity contribution in [3.8, 4) is 0 Å². The molecule has 0 radical (unpaired) electrons. The van der Waals surface area contributed by atoms with E-state index in [1.165, 1.54) is 50.5 Å². The highest BCUT2D eigenvalue weighted by atomic mass is 14.6. The fourth-order valence-corrected chi connectivity index (χ4v) is 7.05. The molecular formula is C22H32. The minimum absolute atomic E-state index is 0.329. The predicted molar refractivity (Wildman–Crippen MR) is 94.5 cm³/mol. The molecule has 0 bridgehead atoms. The van der Waals surface area contributed by atoms with Gasteiger partial charge in [0.15, 0.2) is 0 Å². The molecule has 0 aromatic carbocycles. The van der Waals surface area contributed by atoms with E-state index in [-0.39, 0.29) is 0 Å². The molecule has 0 heteroatoms. The molecule has 6 atom stereocenters. The summed E-state index contributed by atoms with van der Waals surface area (Å²) >= 11 is 0. The first-order valence-corrected chi connectivity index (χ1v) is 9.58. The van der Waals surface area contributed by atoms with Crippen LogP contribution in [0.2, 0.25) is 0 Å². The standard InChI is InChI=1S/C22H32/c1-5-16-7-9-19-18-8-6-17-14-15(2)10-12-22(17,4)20(18)11-13-21(16,19)3/h10,12,14,16,18-20H,2,5-9,11,13H2,1,3-4H3/t16?,18?,19?,20-,21?,22?/m0/s1. The zero-order valence-electron chi connectivity index (χ0n) is 14.7. The van der Waals surface area contributed by atoms with Crippen LogP contribution in [0.3, 0.4) is 0 Å². The van der Waals surface area contributed by atoms with E-state index in [9.17, 15) is 0 Å². The van der Waals surface area contributed by atoms with E-state index >= 15 is 0 Å². The summed E-state index contributed by atoms with van der Waals surface area (Å²) in [6, 6.07) is 0. The summed E-state index contributed by atoms with van der Waals surface area (Å²) in [5, 5.41) is 0. The van der Waals surface area contributed by atoms with Crippen LogP contribution in [0.25, 0.3) is 0 Å². The Morgan fingerprint density at radius 2 is 1.95 bits per heavy atom. The molecule has 0 N–H and O–H groups in total. The SMILES string of the molecule is C=C1C=CC2(C)C(=C1)CCC1C3CCC(CC)C3(C)CC[C@@H]12. The molecule has 0 aromatic rings. The maximum Gasteiger partial charge on any atom is 0.0100 e. The lowest BCUT2D eigenvalue weighted by molar-refractivity contribution is -0.0339. The molecule has 22 heavy (non-hydrogen) atoms. The largest absolute Gasteiger partial charge is 0.0918 e. The maximum atomic E-state index is 4.16. The van der Waals surface area contributed by atoms with Crippen molar-refractivity contribution >= 4 is 0 Å². The van der Waals surface area contributed by atoms with Crippen molar-refractivity contribution in [3.05, 3.63) is 36.0 Å². The molecule has 4 rings (SSSR count). The van der Waals surface area contributed by atoms with Gasteiger partial charge in [-0.25, -0.2) is 0 Å². The van der Waals surface area contributed by atoms with Crippen LogP contribution in [0.1, 0.15) is 65.7 Å². The van der Waals surface area contributed by atoms with E-state index in [1.54, 1.807) is 5.57 Å². The van der Waals surface area contributed by atoms with Crippen molar-refractivity contribution in [2.75, 3.05) is 0 Å². The molecule has 0 aromatic heterocycles. The van der Waals surface area contributed by atoms with Gasteiger partial charge in [-0.2, -0.15) is 0 Å². The number of rotatable bonds is 1. The summed E-state index contributed by atoms with van der Waals surface area (Å²) in [6.07, 6.45) is 17.2. The number of hydrogen-bond acceptors (Lipinski definition) is 0. The molecule has 0 spiro atoms. The van der Waals surface area contributed by atoms with E-state index in [4.69, 9.17) is 0 Å². The number of fused-ring (bicyclic) bond motifs is 5. The lowest BCUT2D eigenvalue weighted by Gasteiger charge is -2.57. The lowest BCUT2D eigenvalue weighted by atomic mass is 9.47. The van der Waals surface area contributed by atoms with Gasteiger partial charge in [0.2, 0.25) is 0 Å². The Balaban J connectivity index is 1.68. The second kappa shape index (κ2) is 4.86. The van der Waals surface area contributed by atoms with E-state index in [1.807, 2.05) is 0 Å². The van der Waals surface area contributed by atoms with E-state index < -0.39 is 0 Å². The van der Waals surface area contributed by atoms with Crippen molar-refractivity contribution in [1.82, 2.24) is 0 Å². The summed E-state index contributed by atoms with van der Waals surface area (Å²) in [6.45, 7) is 11.7. The Bertz CT molecular complexity index is 550. The summed E-state index contributed by atoms with van der Waals surface area (Å²) in [4.78, 5) is 0. The second-order valence-electron chi connectivity index (χ2n) is 9.00. The molecule has 0 aliphatic heterocycles. The quantitative estimate of drug-likeness (QED) is 0.532. The molecule has 3 fully saturated rings. The molecule has 0 nitrogen and oxygen atoms in total. The first kappa shape index (κ1) is 14.8. The molecule has 0 amide bonds. The smallest absolute Gasteiger partial charge is 0.0100 e. The minimum Gasteiger partial charge on any atom is -0.0918 e. The van der Waals surface area contributed by atoms with Gasteiger partial charge in [-0.05, 0) is 73.2 Å². The van der Waals surface area contributed by atoms with Gasteiger partial charge >= 0.3 is 0 Å². The monoisotopic (exact) mass is 296 g/mol. The first-order chi connectivity index (χ1) is 10.5. The molecule has 4 aliphatic carbocycles. The van der Waals surface area contributed by atoms with Crippen molar-refractivity contribution in [2.45, 2.75) is 65.7 Å². The Morgan fingerprint density at radius 1 is 1.14 bits per heavy atom. The third kappa shape index (κ3) is 1.82. The van der Waals surface area contributed by atoms with E-state index in [2.05, 4.69) is 45.6 Å². The normalized spacial score (nSPS) is 50.1. The van der Waals surface area contributed by atoms with Gasteiger partial charge in [0.05, 0.1) is 0 Å². The Kier molecular flexibility index (Phi) is 3.26. The molecule has 4 aliphatic rings. The molecule has 0 saturated heterocycles. The summed E-state index contributed by atoms with van der Waals surface area (Å²) in [7, 11) is 0. The zero-order valence-corrected chi connectivity index (χ0v) is 14.7. The summed E-state index contributed by atoms with van der Waals surface area (Å²) < 4.78 is 0. The van der Waals surface area contributed by atoms with Crippen LogP contribution in [0.15, 0.2) is 36.0 Å². The van der Waals surface area contributed by atoms with Crippen molar-refractivity contribution < 1.29 is 0 Å². The fourth-order valence-electron chi connectivity index (χ4n) is 7.05. The van der Waals surface area contributed by atoms with Gasteiger partial charge in [-0.3, -0.25) is 0 Å². The zero-order chi connectivity index (χ0) is 15.5. The maximum absolute atomic E-state index is 4.16. The van der Waals surface area contributed by atoms with E-state index in [0.29, 0.717) is 10.8 Å². The van der Waals surface area contributed by atoms with Crippen molar-refractivity contribution in [2.24, 2.45) is 34.5 Å². The first-order valence-electron chi connectivity index (χ1n) is 9.58. The van der Waals surface area contributed by atoms with Crippen molar-refractivity contribution in [1.29, 1.82) is 0 Å². The Labute approximate surface area is 136 Å². The second-order valence-corrected chi connectivity index (χ2v) is 9.00. The highest BCUT2D eigenvalue weighted by Crippen LogP contribution is 2.66. The predicted octanol–water partition coefficient (Wildman–Crippen LogP) is 6.31. The van der Waals surface area contributed by atoms with Gasteiger partial charge in [-0.1, -0.05) is 57.6 Å². The third-order valence-corrected chi connectivity index (χ3v) is 8.34. The van der Waals surface area contributed by atoms with Gasteiger partial charge in [-0.15, -0.1) is 0 Å². The van der Waals surface area contributed by atoms with Gasteiger partial charge < -0.3 is 0 Å². The summed E-state index contributed by atoms with van der Waals surface area (Å²) in [5.41, 5.74) is 3.86. The number of hydrogen-bond donors (Lipinski definition) is 0. The topological polar surface area (TPSA) is 0 Å². The Hall–Kier alpha value is -0.780. The van der Waals surface area contributed by atoms with Gasteiger partial charge in [0, 0.05) is 5.41 Å². The van der Waals surface area contributed by atoms with Crippen LogP contribution >= 0.6 is 0 Å². The number of allylic oxidation sites excluding steroid dienone is 5. The van der Waals surface area contributed by atoms with Crippen LogP contribution < -0.4 is 0 Å². The Morgan fingerprint density at radius 3 is 2.73 bits per heavy atom. The minimum atomic E-state index is 0.329. The van der Waals surface area contributed by atoms with Gasteiger partial charge in [0.1, 0.15) is 0 Å². The highest BCUT2D eigenvalue weighted by Gasteiger charge is 2.57. The average Bonchev–Trinajstić information content (AvgIpc) is 2.84. The molecular weight excluding hydrogens is 264 g/mol. The molecule has 120 valence electrons. The highest BCUT2D eigenvalue weighted by molar-refractivity contribution is 5.43. The average molecular weight is 296 g/mol. The third-order valence-electron chi connectivity index (χ3n) is 8.34. The van der Waals surface area contributed by atoms with Crippen LogP contribution in [0, 0.1) is 34.5 Å². The fraction of sp³-hybridized carbons (Fsp3) is 0.727. The van der Waals surface area contributed by atoms with Crippen LogP contribution in [0.4, 0.5) is 0 Å². The molecule has 3 saturated carbocycles. The van der Waals surface area contributed by atoms with Crippen LogP contribution in [0.5, 0.6) is 0 Å². The van der Waals surface area contributed by atoms with Crippen LogP contribution in [-0.4, -0.2) is 0 Å². The lowest BCUT2D eigenvalue weighted by Crippen LogP contribution is -2.49. The van der Waals surface area contributed by atoms with Crippen molar-refractivity contribution in [3.63, 3.8) is 0 Å². The van der Waals surface area contributed by atoms with Gasteiger partial charge in [0.25, 0.3) is 0 Å². The van der Waals surface area contributed by atoms with E-state index in [0.717, 1.165) is 23.7 Å². The molecule has 0 heterocycles. The van der Waals surface area contributed by atoms with Crippen LogP contribution in [-0.2, 0) is 0 Å². The summed E-state index contributed by atoms with van der Waals surface area (Å²) in [5.74, 6) is 3.83. The molecule has 5 unspecified atom stereocenters.